The van der Waals surface area contributed by atoms with Gasteiger partial charge in [0, 0.05) is 11.6 Å². The molecule has 3 rings (SSSR count). The molecule has 2 heteroatoms. The maximum atomic E-state index is 12.3. The lowest BCUT2D eigenvalue weighted by atomic mass is 9.92. The van der Waals surface area contributed by atoms with Gasteiger partial charge in [-0.25, -0.2) is 0 Å². The Labute approximate surface area is 114 Å². The summed E-state index contributed by atoms with van der Waals surface area (Å²) in [5.74, 6) is 2.01. The van der Waals surface area contributed by atoms with Gasteiger partial charge in [-0.05, 0) is 48.3 Å². The molecule has 1 saturated carbocycles. The van der Waals surface area contributed by atoms with Crippen molar-refractivity contribution in [3.8, 4) is 0 Å². The third-order valence-electron chi connectivity index (χ3n) is 4.46. The van der Waals surface area contributed by atoms with E-state index >= 15 is 0 Å². The lowest BCUT2D eigenvalue weighted by Gasteiger charge is -2.17. The maximum absolute atomic E-state index is 12.3. The van der Waals surface area contributed by atoms with Gasteiger partial charge < -0.3 is 5.32 Å². The van der Waals surface area contributed by atoms with Crippen LogP contribution in [0.3, 0.4) is 0 Å². The van der Waals surface area contributed by atoms with Crippen LogP contribution >= 0.6 is 0 Å². The van der Waals surface area contributed by atoms with Crippen LogP contribution in [0.4, 0.5) is 5.69 Å². The number of allylic oxidation sites excluding steroid dienone is 2. The van der Waals surface area contributed by atoms with Gasteiger partial charge in [0.05, 0.1) is 0 Å². The molecule has 0 radical (unpaired) electrons. The number of rotatable bonds is 3. The predicted octanol–water partition coefficient (Wildman–Crippen LogP) is 3.96. The summed E-state index contributed by atoms with van der Waals surface area (Å²) in [6, 6.07) is 8.22. The molecule has 0 aromatic heterocycles. The van der Waals surface area contributed by atoms with Crippen molar-refractivity contribution in [3.63, 3.8) is 0 Å². The molecule has 0 spiro atoms. The summed E-state index contributed by atoms with van der Waals surface area (Å²) < 4.78 is 0. The van der Waals surface area contributed by atoms with E-state index in [0.29, 0.717) is 17.8 Å². The van der Waals surface area contributed by atoms with Crippen molar-refractivity contribution >= 4 is 11.6 Å². The normalized spacial score (nSPS) is 28.1. The average Bonchev–Trinajstić information content (AvgIpc) is 3.01. The fourth-order valence-electron chi connectivity index (χ4n) is 3.27. The SMILES string of the molecule is CC(C)c1ccc(NC(=O)C2CC3C=CC2C3)cc1. The Morgan fingerprint density at radius 2 is 1.89 bits per heavy atom. The third kappa shape index (κ3) is 2.44. The van der Waals surface area contributed by atoms with Gasteiger partial charge in [0.15, 0.2) is 0 Å². The highest BCUT2D eigenvalue weighted by molar-refractivity contribution is 5.93. The number of benzene rings is 1. The van der Waals surface area contributed by atoms with Gasteiger partial charge in [0.25, 0.3) is 0 Å². The van der Waals surface area contributed by atoms with E-state index in [1.807, 2.05) is 12.1 Å². The first-order valence-corrected chi connectivity index (χ1v) is 7.22. The fraction of sp³-hybridized carbons (Fsp3) is 0.471. The van der Waals surface area contributed by atoms with E-state index in [0.717, 1.165) is 12.1 Å². The van der Waals surface area contributed by atoms with Gasteiger partial charge in [-0.15, -0.1) is 0 Å². The van der Waals surface area contributed by atoms with Crippen LogP contribution in [0.25, 0.3) is 0 Å². The van der Waals surface area contributed by atoms with Gasteiger partial charge >= 0.3 is 0 Å². The molecule has 100 valence electrons. The Bertz CT molecular complexity index is 500. The summed E-state index contributed by atoms with van der Waals surface area (Å²) in [6.07, 6.45) is 6.69. The molecule has 2 nitrogen and oxygen atoms in total. The standard InChI is InChI=1S/C17H21NO/c1-11(2)13-5-7-15(8-6-13)18-17(19)16-10-12-3-4-14(16)9-12/h3-8,11-12,14,16H,9-10H2,1-2H3,(H,18,19). The zero-order valence-corrected chi connectivity index (χ0v) is 11.6. The van der Waals surface area contributed by atoms with Crippen molar-refractivity contribution in [1.29, 1.82) is 0 Å². The van der Waals surface area contributed by atoms with Gasteiger partial charge in [-0.1, -0.05) is 38.1 Å². The van der Waals surface area contributed by atoms with Crippen molar-refractivity contribution in [2.75, 3.05) is 5.32 Å². The van der Waals surface area contributed by atoms with E-state index in [1.54, 1.807) is 0 Å². The van der Waals surface area contributed by atoms with E-state index in [4.69, 9.17) is 0 Å². The monoisotopic (exact) mass is 255 g/mol. The number of carbonyl (C=O) groups excluding carboxylic acids is 1. The molecule has 1 aromatic carbocycles. The van der Waals surface area contributed by atoms with E-state index in [-0.39, 0.29) is 11.8 Å². The summed E-state index contributed by atoms with van der Waals surface area (Å²) in [7, 11) is 0. The molecule has 0 aliphatic heterocycles. The molecule has 0 saturated heterocycles. The quantitative estimate of drug-likeness (QED) is 0.814. The first-order chi connectivity index (χ1) is 9.13. The van der Waals surface area contributed by atoms with Crippen LogP contribution in [0.15, 0.2) is 36.4 Å². The molecule has 1 aromatic rings. The Morgan fingerprint density at radius 3 is 2.42 bits per heavy atom. The average molecular weight is 255 g/mol. The number of nitrogens with one attached hydrogen (secondary N) is 1. The molecule has 1 N–H and O–H groups in total. The topological polar surface area (TPSA) is 29.1 Å². The van der Waals surface area contributed by atoms with Crippen LogP contribution in [0.5, 0.6) is 0 Å². The molecule has 2 aliphatic rings. The summed E-state index contributed by atoms with van der Waals surface area (Å²) in [5.41, 5.74) is 2.22. The van der Waals surface area contributed by atoms with Crippen LogP contribution in [-0.4, -0.2) is 5.91 Å². The third-order valence-corrected chi connectivity index (χ3v) is 4.46. The Kier molecular flexibility index (Phi) is 3.17. The molecular weight excluding hydrogens is 234 g/mol. The number of amides is 1. The lowest BCUT2D eigenvalue weighted by Crippen LogP contribution is -2.25. The minimum Gasteiger partial charge on any atom is -0.326 e. The van der Waals surface area contributed by atoms with Crippen LogP contribution in [0, 0.1) is 17.8 Å². The molecule has 1 fully saturated rings. The van der Waals surface area contributed by atoms with E-state index in [9.17, 15) is 4.79 Å². The van der Waals surface area contributed by atoms with Crippen molar-refractivity contribution < 1.29 is 4.79 Å². The smallest absolute Gasteiger partial charge is 0.228 e. The van der Waals surface area contributed by atoms with Crippen LogP contribution < -0.4 is 5.32 Å². The minimum atomic E-state index is 0.180. The highest BCUT2D eigenvalue weighted by atomic mass is 16.1. The molecule has 3 unspecified atom stereocenters. The minimum absolute atomic E-state index is 0.180. The molecular formula is C17H21NO. The van der Waals surface area contributed by atoms with E-state index in [2.05, 4.69) is 43.4 Å². The van der Waals surface area contributed by atoms with Gasteiger partial charge in [-0.3, -0.25) is 4.79 Å². The zero-order valence-electron chi connectivity index (χ0n) is 11.6. The van der Waals surface area contributed by atoms with Gasteiger partial charge in [0.2, 0.25) is 5.91 Å². The number of carbonyl (C=O) groups is 1. The highest BCUT2D eigenvalue weighted by Crippen LogP contribution is 2.43. The first kappa shape index (κ1) is 12.5. The highest BCUT2D eigenvalue weighted by Gasteiger charge is 2.39. The van der Waals surface area contributed by atoms with E-state index < -0.39 is 0 Å². The number of anilines is 1. The molecule has 3 atom stereocenters. The predicted molar refractivity (Wildman–Crippen MR) is 78.0 cm³/mol. The largest absolute Gasteiger partial charge is 0.326 e. The summed E-state index contributed by atoms with van der Waals surface area (Å²) in [6.45, 7) is 4.35. The van der Waals surface area contributed by atoms with Gasteiger partial charge in [-0.2, -0.15) is 0 Å². The molecule has 19 heavy (non-hydrogen) atoms. The second kappa shape index (κ2) is 4.84. The van der Waals surface area contributed by atoms with Crippen LogP contribution in [0.2, 0.25) is 0 Å². The Hall–Kier alpha value is -1.57. The number of fused-ring (bicyclic) bond motifs is 2. The Balaban J connectivity index is 1.65. The molecule has 2 aliphatic carbocycles. The maximum Gasteiger partial charge on any atom is 0.228 e. The molecule has 0 heterocycles. The van der Waals surface area contributed by atoms with E-state index in [1.165, 1.54) is 12.0 Å². The van der Waals surface area contributed by atoms with Crippen LogP contribution in [-0.2, 0) is 4.79 Å². The number of hydrogen-bond donors (Lipinski definition) is 1. The second-order valence-electron chi connectivity index (χ2n) is 6.15. The second-order valence-corrected chi connectivity index (χ2v) is 6.15. The molecule has 2 bridgehead atoms. The van der Waals surface area contributed by atoms with Crippen LogP contribution in [0.1, 0.15) is 38.2 Å². The molecule has 1 amide bonds. The lowest BCUT2D eigenvalue weighted by molar-refractivity contribution is -0.120. The fourth-order valence-corrected chi connectivity index (χ4v) is 3.27. The number of hydrogen-bond acceptors (Lipinski definition) is 1. The Morgan fingerprint density at radius 1 is 1.16 bits per heavy atom. The summed E-state index contributed by atoms with van der Waals surface area (Å²) in [4.78, 5) is 12.3. The summed E-state index contributed by atoms with van der Waals surface area (Å²) in [5, 5.41) is 3.06. The van der Waals surface area contributed by atoms with Crippen molar-refractivity contribution in [2.24, 2.45) is 17.8 Å². The van der Waals surface area contributed by atoms with Gasteiger partial charge in [0.1, 0.15) is 0 Å². The first-order valence-electron chi connectivity index (χ1n) is 7.22. The summed E-state index contributed by atoms with van der Waals surface area (Å²) >= 11 is 0. The zero-order chi connectivity index (χ0) is 13.4. The van der Waals surface area contributed by atoms with Crippen molar-refractivity contribution in [2.45, 2.75) is 32.6 Å². The van der Waals surface area contributed by atoms with Crippen molar-refractivity contribution in [3.05, 3.63) is 42.0 Å². The van der Waals surface area contributed by atoms with Crippen molar-refractivity contribution in [1.82, 2.24) is 0 Å².